The van der Waals surface area contributed by atoms with Crippen molar-refractivity contribution in [3.05, 3.63) is 30.5 Å². The van der Waals surface area contributed by atoms with E-state index in [9.17, 15) is 0 Å². The van der Waals surface area contributed by atoms with Gasteiger partial charge in [-0.25, -0.2) is 4.98 Å². The van der Waals surface area contributed by atoms with E-state index < -0.39 is 0 Å². The van der Waals surface area contributed by atoms with Gasteiger partial charge < -0.3 is 9.64 Å². The summed E-state index contributed by atoms with van der Waals surface area (Å²) >= 11 is 0. The summed E-state index contributed by atoms with van der Waals surface area (Å²) in [5.74, 6) is 0. The van der Waals surface area contributed by atoms with E-state index in [1.54, 1.807) is 0 Å². The van der Waals surface area contributed by atoms with Gasteiger partial charge in [-0.1, -0.05) is 24.6 Å². The minimum Gasteiger partial charge on any atom is -0.463 e. The first kappa shape index (κ1) is 13.3. The van der Waals surface area contributed by atoms with Crippen molar-refractivity contribution >= 4 is 10.9 Å². The summed E-state index contributed by atoms with van der Waals surface area (Å²) in [4.78, 5) is 11.2. The normalized spacial score (nSPS) is 16.4. The van der Waals surface area contributed by atoms with Gasteiger partial charge in [0.25, 0.3) is 0 Å². The Bertz CT molecular complexity index is 552. The Kier molecular flexibility index (Phi) is 4.43. The van der Waals surface area contributed by atoms with Crippen LogP contribution in [0.25, 0.3) is 10.9 Å². The molecule has 1 aliphatic rings. The lowest BCUT2D eigenvalue weighted by atomic mass is 10.1. The molecule has 20 heavy (non-hydrogen) atoms. The third-order valence-electron chi connectivity index (χ3n) is 3.77. The summed E-state index contributed by atoms with van der Waals surface area (Å²) in [6.07, 6.45) is 6.93. The molecule has 0 aliphatic carbocycles. The fourth-order valence-electron chi connectivity index (χ4n) is 2.66. The molecular weight excluding hydrogens is 250 g/mol. The van der Waals surface area contributed by atoms with Crippen LogP contribution in [0.15, 0.2) is 30.5 Å². The third-order valence-corrected chi connectivity index (χ3v) is 3.77. The second-order valence-electron chi connectivity index (χ2n) is 5.32. The van der Waals surface area contributed by atoms with Crippen molar-refractivity contribution in [2.24, 2.45) is 0 Å². The number of rotatable bonds is 5. The molecule has 0 amide bonds. The fourth-order valence-corrected chi connectivity index (χ4v) is 2.66. The molecule has 0 N–H and O–H groups in total. The molecule has 2 aromatic rings. The van der Waals surface area contributed by atoms with E-state index in [1.807, 2.05) is 30.5 Å². The average Bonchev–Trinajstić information content (AvgIpc) is 2.52. The Hall–Kier alpha value is -1.68. The van der Waals surface area contributed by atoms with Crippen molar-refractivity contribution in [1.29, 1.82) is 0 Å². The smallest absolute Gasteiger partial charge is 0.316 e. The maximum absolute atomic E-state index is 5.66. The van der Waals surface area contributed by atoms with Crippen LogP contribution in [0.3, 0.4) is 0 Å². The van der Waals surface area contributed by atoms with Crippen molar-refractivity contribution in [2.45, 2.75) is 25.7 Å². The molecule has 2 heterocycles. The molecule has 1 aromatic carbocycles. The van der Waals surface area contributed by atoms with Gasteiger partial charge in [0, 0.05) is 18.1 Å². The summed E-state index contributed by atoms with van der Waals surface area (Å²) in [5, 5.41) is 1.05. The Morgan fingerprint density at radius 1 is 1.10 bits per heavy atom. The molecule has 1 fully saturated rings. The van der Waals surface area contributed by atoms with Crippen molar-refractivity contribution in [3.8, 4) is 6.01 Å². The van der Waals surface area contributed by atoms with E-state index >= 15 is 0 Å². The summed E-state index contributed by atoms with van der Waals surface area (Å²) in [6, 6.07) is 8.45. The molecule has 0 saturated carbocycles. The molecule has 1 saturated heterocycles. The van der Waals surface area contributed by atoms with Gasteiger partial charge in [0.15, 0.2) is 0 Å². The van der Waals surface area contributed by atoms with Gasteiger partial charge in [-0.3, -0.25) is 0 Å². The van der Waals surface area contributed by atoms with E-state index in [0.29, 0.717) is 12.6 Å². The summed E-state index contributed by atoms with van der Waals surface area (Å²) in [7, 11) is 0. The molecule has 0 radical (unpaired) electrons. The van der Waals surface area contributed by atoms with Crippen LogP contribution in [0.4, 0.5) is 0 Å². The largest absolute Gasteiger partial charge is 0.463 e. The molecule has 0 unspecified atom stereocenters. The molecular formula is C16H21N3O. The van der Waals surface area contributed by atoms with E-state index in [0.717, 1.165) is 23.9 Å². The molecule has 1 aromatic heterocycles. The maximum Gasteiger partial charge on any atom is 0.316 e. The Balaban J connectivity index is 1.47. The Labute approximate surface area is 119 Å². The lowest BCUT2D eigenvalue weighted by molar-refractivity contribution is 0.201. The van der Waals surface area contributed by atoms with Gasteiger partial charge >= 0.3 is 6.01 Å². The average molecular weight is 271 g/mol. The Morgan fingerprint density at radius 2 is 1.95 bits per heavy atom. The minimum absolute atomic E-state index is 0.488. The first-order valence-electron chi connectivity index (χ1n) is 7.49. The number of ether oxygens (including phenoxy) is 1. The molecule has 4 heteroatoms. The van der Waals surface area contributed by atoms with Crippen molar-refractivity contribution in [2.75, 3.05) is 26.2 Å². The number of fused-ring (bicyclic) bond motifs is 1. The maximum atomic E-state index is 5.66. The van der Waals surface area contributed by atoms with Gasteiger partial charge in [-0.2, -0.15) is 4.98 Å². The minimum atomic E-state index is 0.488. The topological polar surface area (TPSA) is 38.2 Å². The van der Waals surface area contributed by atoms with Gasteiger partial charge in [0.05, 0.1) is 12.1 Å². The van der Waals surface area contributed by atoms with Crippen LogP contribution < -0.4 is 4.74 Å². The highest BCUT2D eigenvalue weighted by Gasteiger charge is 2.09. The number of piperidine rings is 1. The molecule has 0 spiro atoms. The summed E-state index contributed by atoms with van der Waals surface area (Å²) < 4.78 is 5.66. The molecule has 1 aliphatic heterocycles. The summed E-state index contributed by atoms with van der Waals surface area (Å²) in [5.41, 5.74) is 0.938. The van der Waals surface area contributed by atoms with Crippen LogP contribution in [-0.2, 0) is 0 Å². The van der Waals surface area contributed by atoms with Crippen LogP contribution in [0.1, 0.15) is 25.7 Å². The Morgan fingerprint density at radius 3 is 2.85 bits per heavy atom. The number of hydrogen-bond donors (Lipinski definition) is 0. The standard InChI is InChI=1S/C16H21N3O/c1-4-9-19(10-5-1)11-6-12-20-16-17-13-14-7-2-3-8-15(14)18-16/h2-3,7-8,13H,1,4-6,9-12H2. The monoisotopic (exact) mass is 271 g/mol. The zero-order valence-corrected chi connectivity index (χ0v) is 11.8. The van der Waals surface area contributed by atoms with Gasteiger partial charge in [-0.05, 0) is 38.4 Å². The lowest BCUT2D eigenvalue weighted by Gasteiger charge is -2.26. The molecule has 106 valence electrons. The predicted molar refractivity (Wildman–Crippen MR) is 79.9 cm³/mol. The number of para-hydroxylation sites is 1. The van der Waals surface area contributed by atoms with Crippen molar-refractivity contribution in [3.63, 3.8) is 0 Å². The number of nitrogens with zero attached hydrogens (tertiary/aromatic N) is 3. The fraction of sp³-hybridized carbons (Fsp3) is 0.500. The summed E-state index contributed by atoms with van der Waals surface area (Å²) in [6.45, 7) is 4.29. The third kappa shape index (κ3) is 3.45. The zero-order valence-electron chi connectivity index (χ0n) is 11.8. The highest BCUT2D eigenvalue weighted by molar-refractivity contribution is 5.77. The quantitative estimate of drug-likeness (QED) is 0.784. The highest BCUT2D eigenvalue weighted by atomic mass is 16.5. The van der Waals surface area contributed by atoms with Crippen LogP contribution >= 0.6 is 0 Å². The second-order valence-corrected chi connectivity index (χ2v) is 5.32. The number of likely N-dealkylation sites (tertiary alicyclic amines) is 1. The van der Waals surface area contributed by atoms with Crippen LogP contribution in [-0.4, -0.2) is 41.1 Å². The van der Waals surface area contributed by atoms with E-state index in [2.05, 4.69) is 14.9 Å². The van der Waals surface area contributed by atoms with E-state index in [1.165, 1.54) is 32.4 Å². The molecule has 3 rings (SSSR count). The molecule has 0 atom stereocenters. The number of benzene rings is 1. The second kappa shape index (κ2) is 6.66. The van der Waals surface area contributed by atoms with Crippen molar-refractivity contribution in [1.82, 2.24) is 14.9 Å². The van der Waals surface area contributed by atoms with Crippen LogP contribution in [0, 0.1) is 0 Å². The lowest BCUT2D eigenvalue weighted by Crippen LogP contribution is -2.31. The van der Waals surface area contributed by atoms with Gasteiger partial charge in [0.1, 0.15) is 0 Å². The SMILES string of the molecule is c1ccc2nc(OCCCN3CCCCC3)ncc2c1. The molecule has 4 nitrogen and oxygen atoms in total. The zero-order chi connectivity index (χ0) is 13.6. The first-order valence-corrected chi connectivity index (χ1v) is 7.49. The first-order chi connectivity index (χ1) is 9.92. The van der Waals surface area contributed by atoms with E-state index in [4.69, 9.17) is 4.74 Å². The van der Waals surface area contributed by atoms with Gasteiger partial charge in [-0.15, -0.1) is 0 Å². The number of hydrogen-bond acceptors (Lipinski definition) is 4. The number of aromatic nitrogens is 2. The predicted octanol–water partition coefficient (Wildman–Crippen LogP) is 2.88. The van der Waals surface area contributed by atoms with Crippen molar-refractivity contribution < 1.29 is 4.74 Å². The van der Waals surface area contributed by atoms with Crippen LogP contribution in [0.2, 0.25) is 0 Å². The van der Waals surface area contributed by atoms with E-state index in [-0.39, 0.29) is 0 Å². The molecule has 0 bridgehead atoms. The van der Waals surface area contributed by atoms with Crippen LogP contribution in [0.5, 0.6) is 6.01 Å². The van der Waals surface area contributed by atoms with Gasteiger partial charge in [0.2, 0.25) is 0 Å². The highest BCUT2D eigenvalue weighted by Crippen LogP contribution is 2.13.